The molecule has 1 aromatic carbocycles. The van der Waals surface area contributed by atoms with E-state index in [4.69, 9.17) is 0 Å². The summed E-state index contributed by atoms with van der Waals surface area (Å²) >= 11 is 1.43. The van der Waals surface area contributed by atoms with Crippen LogP contribution in [-0.2, 0) is 14.8 Å². The number of aryl methyl sites for hydroxylation is 2. The van der Waals surface area contributed by atoms with E-state index in [2.05, 4.69) is 10.3 Å². The lowest BCUT2D eigenvalue weighted by Gasteiger charge is -2.32. The molecule has 24 heavy (non-hydrogen) atoms. The fourth-order valence-corrected chi connectivity index (χ4v) is 5.20. The molecule has 2 aromatic rings. The van der Waals surface area contributed by atoms with Crippen molar-refractivity contribution >= 4 is 42.6 Å². The van der Waals surface area contributed by atoms with Gasteiger partial charge >= 0.3 is 0 Å². The molecule has 0 saturated carbocycles. The number of benzene rings is 1. The van der Waals surface area contributed by atoms with Gasteiger partial charge in [-0.25, -0.2) is 13.4 Å². The highest BCUT2D eigenvalue weighted by Crippen LogP contribution is 2.31. The number of sulfonamides is 1. The number of piperidine rings is 1. The third kappa shape index (κ3) is 3.31. The molecule has 1 aliphatic heterocycles. The Morgan fingerprint density at radius 1 is 1.29 bits per heavy atom. The molecule has 1 fully saturated rings. The monoisotopic (exact) mass is 367 g/mol. The first-order chi connectivity index (χ1) is 11.3. The molecular formula is C16H21N3O3S2. The van der Waals surface area contributed by atoms with E-state index in [9.17, 15) is 13.2 Å². The average Bonchev–Trinajstić information content (AvgIpc) is 2.95. The van der Waals surface area contributed by atoms with E-state index < -0.39 is 16.1 Å². The molecule has 6 nitrogen and oxygen atoms in total. The topological polar surface area (TPSA) is 79.4 Å². The van der Waals surface area contributed by atoms with Crippen LogP contribution >= 0.6 is 11.3 Å². The number of hydrogen-bond acceptors (Lipinski definition) is 5. The van der Waals surface area contributed by atoms with Crippen LogP contribution in [0.25, 0.3) is 10.2 Å². The van der Waals surface area contributed by atoms with E-state index in [1.165, 1.54) is 15.6 Å². The number of amides is 1. The van der Waals surface area contributed by atoms with E-state index in [0.29, 0.717) is 18.1 Å². The van der Waals surface area contributed by atoms with Crippen LogP contribution in [-0.4, -0.2) is 42.5 Å². The maximum Gasteiger partial charge on any atom is 0.244 e. The van der Waals surface area contributed by atoms with Crippen LogP contribution in [0, 0.1) is 13.8 Å². The van der Waals surface area contributed by atoms with E-state index in [-0.39, 0.29) is 5.91 Å². The van der Waals surface area contributed by atoms with Crippen molar-refractivity contribution < 1.29 is 13.2 Å². The Bertz CT molecular complexity index is 850. The molecule has 0 radical (unpaired) electrons. The van der Waals surface area contributed by atoms with Gasteiger partial charge in [-0.3, -0.25) is 4.79 Å². The van der Waals surface area contributed by atoms with Crippen LogP contribution in [0.15, 0.2) is 12.1 Å². The minimum Gasteiger partial charge on any atom is -0.301 e. The van der Waals surface area contributed by atoms with Crippen LogP contribution in [0.3, 0.4) is 0 Å². The van der Waals surface area contributed by atoms with Gasteiger partial charge < -0.3 is 5.32 Å². The van der Waals surface area contributed by atoms with Crippen molar-refractivity contribution in [3.8, 4) is 0 Å². The summed E-state index contributed by atoms with van der Waals surface area (Å²) in [5, 5.41) is 3.34. The van der Waals surface area contributed by atoms with Gasteiger partial charge in [0.2, 0.25) is 15.9 Å². The Morgan fingerprint density at radius 2 is 2.00 bits per heavy atom. The molecule has 1 saturated heterocycles. The summed E-state index contributed by atoms with van der Waals surface area (Å²) in [6.07, 6.45) is 3.34. The van der Waals surface area contributed by atoms with Gasteiger partial charge in [-0.1, -0.05) is 29.9 Å². The van der Waals surface area contributed by atoms with Crippen molar-refractivity contribution in [3.05, 3.63) is 23.3 Å². The van der Waals surface area contributed by atoms with Gasteiger partial charge in [-0.15, -0.1) is 0 Å². The average molecular weight is 367 g/mol. The van der Waals surface area contributed by atoms with Crippen LogP contribution in [0.4, 0.5) is 5.13 Å². The van der Waals surface area contributed by atoms with Gasteiger partial charge in [0.1, 0.15) is 6.04 Å². The van der Waals surface area contributed by atoms with Crippen LogP contribution in [0.5, 0.6) is 0 Å². The van der Waals surface area contributed by atoms with E-state index >= 15 is 0 Å². The molecule has 2 heterocycles. The third-order valence-electron chi connectivity index (χ3n) is 4.35. The number of anilines is 1. The van der Waals surface area contributed by atoms with Gasteiger partial charge in [0.15, 0.2) is 5.13 Å². The second-order valence-electron chi connectivity index (χ2n) is 6.27. The number of carbonyl (C=O) groups excluding carboxylic acids is 1. The quantitative estimate of drug-likeness (QED) is 0.904. The molecular weight excluding hydrogens is 346 g/mol. The first kappa shape index (κ1) is 17.3. The minimum atomic E-state index is -3.39. The summed E-state index contributed by atoms with van der Waals surface area (Å²) < 4.78 is 26.2. The van der Waals surface area contributed by atoms with Crippen molar-refractivity contribution in [2.45, 2.75) is 39.2 Å². The maximum atomic E-state index is 12.6. The highest BCUT2D eigenvalue weighted by molar-refractivity contribution is 7.88. The molecule has 3 rings (SSSR count). The first-order valence-corrected chi connectivity index (χ1v) is 10.6. The number of carbonyl (C=O) groups is 1. The highest BCUT2D eigenvalue weighted by Gasteiger charge is 2.34. The lowest BCUT2D eigenvalue weighted by atomic mass is 10.0. The summed E-state index contributed by atoms with van der Waals surface area (Å²) in [6.45, 7) is 4.40. The smallest absolute Gasteiger partial charge is 0.244 e. The second kappa shape index (κ2) is 6.42. The van der Waals surface area contributed by atoms with Crippen LogP contribution in [0.2, 0.25) is 0 Å². The minimum absolute atomic E-state index is 0.297. The van der Waals surface area contributed by atoms with Gasteiger partial charge in [0, 0.05) is 6.54 Å². The molecule has 8 heteroatoms. The summed E-state index contributed by atoms with van der Waals surface area (Å²) in [6, 6.07) is 3.40. The molecule has 0 bridgehead atoms. The van der Waals surface area contributed by atoms with E-state index in [1.54, 1.807) is 0 Å². The van der Waals surface area contributed by atoms with E-state index in [0.717, 1.165) is 40.4 Å². The van der Waals surface area contributed by atoms with Crippen LogP contribution < -0.4 is 5.32 Å². The third-order valence-corrected chi connectivity index (χ3v) is 6.75. The molecule has 1 unspecified atom stereocenters. The summed E-state index contributed by atoms with van der Waals surface area (Å²) in [5.74, 6) is -0.297. The molecule has 1 amide bonds. The van der Waals surface area contributed by atoms with Crippen molar-refractivity contribution in [3.63, 3.8) is 0 Å². The van der Waals surface area contributed by atoms with Crippen LogP contribution in [0.1, 0.15) is 30.4 Å². The molecule has 1 aliphatic rings. The van der Waals surface area contributed by atoms with E-state index in [1.807, 2.05) is 26.0 Å². The number of rotatable bonds is 3. The second-order valence-corrected chi connectivity index (χ2v) is 9.20. The Morgan fingerprint density at radius 3 is 2.67 bits per heavy atom. The molecule has 1 aromatic heterocycles. The summed E-state index contributed by atoms with van der Waals surface area (Å²) in [4.78, 5) is 17.1. The lowest BCUT2D eigenvalue weighted by Crippen LogP contribution is -2.49. The standard InChI is InChI=1S/C16H21N3O3S2/c1-10-7-8-11(2)14-13(10)17-16(23-14)18-15(20)12-6-4-5-9-19(12)24(3,21)22/h7-8,12H,4-6,9H2,1-3H3,(H,17,18,20). The normalized spacial score (nSPS) is 19.5. The Balaban J connectivity index is 1.86. The van der Waals surface area contributed by atoms with Gasteiger partial charge in [0.25, 0.3) is 0 Å². The highest BCUT2D eigenvalue weighted by atomic mass is 32.2. The van der Waals surface area contributed by atoms with Crippen molar-refractivity contribution in [2.24, 2.45) is 0 Å². The van der Waals surface area contributed by atoms with Gasteiger partial charge in [-0.05, 0) is 37.8 Å². The lowest BCUT2D eigenvalue weighted by molar-refractivity contribution is -0.120. The maximum absolute atomic E-state index is 12.6. The SMILES string of the molecule is Cc1ccc(C)c2sc(NC(=O)C3CCCCN3S(C)(=O)=O)nc12. The number of nitrogens with one attached hydrogen (secondary N) is 1. The molecule has 0 spiro atoms. The Hall–Kier alpha value is -1.51. The molecule has 0 aliphatic carbocycles. The number of aromatic nitrogens is 1. The predicted octanol–water partition coefficient (Wildman–Crippen LogP) is 2.67. The first-order valence-electron chi connectivity index (χ1n) is 7.92. The Kier molecular flexibility index (Phi) is 4.63. The number of hydrogen-bond donors (Lipinski definition) is 1. The van der Waals surface area contributed by atoms with Crippen molar-refractivity contribution in [1.82, 2.24) is 9.29 Å². The zero-order valence-electron chi connectivity index (χ0n) is 14.0. The predicted molar refractivity (Wildman–Crippen MR) is 96.9 cm³/mol. The van der Waals surface area contributed by atoms with Gasteiger partial charge in [0.05, 0.1) is 16.5 Å². The largest absolute Gasteiger partial charge is 0.301 e. The fourth-order valence-electron chi connectivity index (χ4n) is 3.07. The summed E-state index contributed by atoms with van der Waals surface area (Å²) in [7, 11) is -3.39. The molecule has 1 atom stereocenters. The van der Waals surface area contributed by atoms with Crippen molar-refractivity contribution in [2.75, 3.05) is 18.1 Å². The zero-order chi connectivity index (χ0) is 17.5. The number of fused-ring (bicyclic) bond motifs is 1. The zero-order valence-corrected chi connectivity index (χ0v) is 15.6. The molecule has 130 valence electrons. The Labute approximate surface area is 145 Å². The molecule has 1 N–H and O–H groups in total. The van der Waals surface area contributed by atoms with Crippen molar-refractivity contribution in [1.29, 1.82) is 0 Å². The van der Waals surface area contributed by atoms with Gasteiger partial charge in [-0.2, -0.15) is 4.31 Å². The number of thiazole rings is 1. The fraction of sp³-hybridized carbons (Fsp3) is 0.500. The number of nitrogens with zero attached hydrogens (tertiary/aromatic N) is 2. The summed E-state index contributed by atoms with van der Waals surface area (Å²) in [5.41, 5.74) is 3.06.